The second-order valence-corrected chi connectivity index (χ2v) is 7.04. The molecule has 2 rings (SSSR count). The van der Waals surface area contributed by atoms with Crippen LogP contribution in [-0.2, 0) is 15.8 Å². The minimum atomic E-state index is -3.49. The first-order chi connectivity index (χ1) is 9.35. The molecule has 0 saturated carbocycles. The van der Waals surface area contributed by atoms with Crippen LogP contribution in [0.2, 0.25) is 10.0 Å². The second-order valence-electron chi connectivity index (χ2n) is 4.45. The van der Waals surface area contributed by atoms with E-state index in [0.29, 0.717) is 21.3 Å². The van der Waals surface area contributed by atoms with E-state index in [9.17, 15) is 8.42 Å². The van der Waals surface area contributed by atoms with Crippen molar-refractivity contribution in [1.82, 2.24) is 0 Å². The maximum absolute atomic E-state index is 12.1. The number of sulfonamides is 1. The molecule has 0 aromatic heterocycles. The summed E-state index contributed by atoms with van der Waals surface area (Å²) in [4.78, 5) is 0. The van der Waals surface area contributed by atoms with Gasteiger partial charge in [0.05, 0.1) is 11.4 Å². The summed E-state index contributed by atoms with van der Waals surface area (Å²) in [5, 5.41) is 1.06. The number of anilines is 1. The van der Waals surface area contributed by atoms with Gasteiger partial charge in [0.25, 0.3) is 0 Å². The van der Waals surface area contributed by atoms with Crippen molar-refractivity contribution in [1.29, 1.82) is 0 Å². The quantitative estimate of drug-likeness (QED) is 0.911. The highest BCUT2D eigenvalue weighted by Crippen LogP contribution is 2.22. The maximum Gasteiger partial charge on any atom is 0.236 e. The fourth-order valence-electron chi connectivity index (χ4n) is 1.71. The summed E-state index contributed by atoms with van der Waals surface area (Å²) in [6, 6.07) is 11.8. The Morgan fingerprint density at radius 1 is 1.00 bits per heavy atom. The van der Waals surface area contributed by atoms with E-state index in [0.717, 1.165) is 5.56 Å². The fourth-order valence-corrected chi connectivity index (χ4v) is 3.26. The average molecular weight is 330 g/mol. The third-order valence-corrected chi connectivity index (χ3v) is 4.47. The molecule has 6 heteroatoms. The predicted molar refractivity (Wildman–Crippen MR) is 83.9 cm³/mol. The van der Waals surface area contributed by atoms with Gasteiger partial charge >= 0.3 is 0 Å². The van der Waals surface area contributed by atoms with E-state index in [1.807, 2.05) is 6.92 Å². The van der Waals surface area contributed by atoms with Gasteiger partial charge in [-0.2, -0.15) is 0 Å². The van der Waals surface area contributed by atoms with Crippen molar-refractivity contribution in [2.45, 2.75) is 12.7 Å². The van der Waals surface area contributed by atoms with Crippen LogP contribution in [0.25, 0.3) is 0 Å². The lowest BCUT2D eigenvalue weighted by molar-refractivity contribution is 0.600. The summed E-state index contributed by atoms with van der Waals surface area (Å²) in [5.74, 6) is -0.115. The zero-order valence-electron chi connectivity index (χ0n) is 10.7. The summed E-state index contributed by atoms with van der Waals surface area (Å²) < 4.78 is 26.8. The number of hydrogen-bond acceptors (Lipinski definition) is 2. The number of nitrogens with one attached hydrogen (secondary N) is 1. The first-order valence-electron chi connectivity index (χ1n) is 5.87. The molecule has 2 aromatic rings. The molecule has 0 unspecified atom stereocenters. The standard InChI is InChI=1S/C14H13Cl2NO2S/c1-10-2-5-13(16)8-14(10)17-20(18,19)9-11-3-6-12(15)7-4-11/h2-8,17H,9H2,1H3. The number of benzene rings is 2. The van der Waals surface area contributed by atoms with Crippen molar-refractivity contribution in [3.05, 3.63) is 63.6 Å². The molecule has 0 bridgehead atoms. The molecule has 0 radical (unpaired) electrons. The topological polar surface area (TPSA) is 46.2 Å². The van der Waals surface area contributed by atoms with E-state index < -0.39 is 10.0 Å². The SMILES string of the molecule is Cc1ccc(Cl)cc1NS(=O)(=O)Cc1ccc(Cl)cc1. The zero-order chi connectivity index (χ0) is 14.8. The Kier molecular flexibility index (Phi) is 4.58. The van der Waals surface area contributed by atoms with Crippen molar-refractivity contribution in [3.8, 4) is 0 Å². The molecule has 0 fully saturated rings. The van der Waals surface area contributed by atoms with Crippen molar-refractivity contribution >= 4 is 38.9 Å². The van der Waals surface area contributed by atoms with Crippen LogP contribution < -0.4 is 4.72 Å². The van der Waals surface area contributed by atoms with E-state index in [1.165, 1.54) is 0 Å². The molecule has 106 valence electrons. The van der Waals surface area contributed by atoms with Gasteiger partial charge in [0.2, 0.25) is 10.0 Å². The Bertz CT molecular complexity index is 712. The summed E-state index contributed by atoms with van der Waals surface area (Å²) in [5.41, 5.74) is 1.97. The van der Waals surface area contributed by atoms with Crippen molar-refractivity contribution < 1.29 is 8.42 Å². The molecule has 0 amide bonds. The summed E-state index contributed by atoms with van der Waals surface area (Å²) in [7, 11) is -3.49. The third-order valence-electron chi connectivity index (χ3n) is 2.74. The van der Waals surface area contributed by atoms with Crippen LogP contribution in [0.4, 0.5) is 5.69 Å². The monoisotopic (exact) mass is 329 g/mol. The molecule has 0 spiro atoms. The third kappa shape index (κ3) is 4.13. The fraction of sp³-hybridized carbons (Fsp3) is 0.143. The Morgan fingerprint density at radius 2 is 1.60 bits per heavy atom. The van der Waals surface area contributed by atoms with Gasteiger partial charge in [0.15, 0.2) is 0 Å². The molecule has 0 aliphatic heterocycles. The molecule has 0 heterocycles. The van der Waals surface area contributed by atoms with Gasteiger partial charge in [-0.05, 0) is 42.3 Å². The zero-order valence-corrected chi connectivity index (χ0v) is 13.1. The van der Waals surface area contributed by atoms with Crippen LogP contribution in [0.15, 0.2) is 42.5 Å². The van der Waals surface area contributed by atoms with Gasteiger partial charge in [0.1, 0.15) is 0 Å². The largest absolute Gasteiger partial charge is 0.283 e. The van der Waals surface area contributed by atoms with E-state index in [2.05, 4.69) is 4.72 Å². The first-order valence-corrected chi connectivity index (χ1v) is 8.28. The van der Waals surface area contributed by atoms with E-state index in [4.69, 9.17) is 23.2 Å². The van der Waals surface area contributed by atoms with Crippen molar-refractivity contribution in [2.75, 3.05) is 4.72 Å². The predicted octanol–water partition coefficient (Wildman–Crippen LogP) is 4.24. The highest BCUT2D eigenvalue weighted by molar-refractivity contribution is 7.91. The van der Waals surface area contributed by atoms with Gasteiger partial charge in [-0.3, -0.25) is 4.72 Å². The lowest BCUT2D eigenvalue weighted by Crippen LogP contribution is -2.15. The molecule has 0 saturated heterocycles. The minimum absolute atomic E-state index is 0.115. The number of aryl methyl sites for hydroxylation is 1. The highest BCUT2D eigenvalue weighted by atomic mass is 35.5. The smallest absolute Gasteiger partial charge is 0.236 e. The van der Waals surface area contributed by atoms with Gasteiger partial charge in [0, 0.05) is 10.0 Å². The van der Waals surface area contributed by atoms with Gasteiger partial charge < -0.3 is 0 Å². The Balaban J connectivity index is 2.19. The molecule has 2 aromatic carbocycles. The molecule has 20 heavy (non-hydrogen) atoms. The second kappa shape index (κ2) is 6.04. The molecule has 1 N–H and O–H groups in total. The van der Waals surface area contributed by atoms with Gasteiger partial charge in [-0.25, -0.2) is 8.42 Å². The Labute approximate surface area is 128 Å². The van der Waals surface area contributed by atoms with E-state index in [-0.39, 0.29) is 5.75 Å². The van der Waals surface area contributed by atoms with Crippen LogP contribution >= 0.6 is 23.2 Å². The molecule has 3 nitrogen and oxygen atoms in total. The summed E-state index contributed by atoms with van der Waals surface area (Å²) >= 11 is 11.6. The molecular formula is C14H13Cl2NO2S. The van der Waals surface area contributed by atoms with Crippen molar-refractivity contribution in [2.24, 2.45) is 0 Å². The first kappa shape index (κ1) is 15.2. The lowest BCUT2D eigenvalue weighted by Gasteiger charge is -2.11. The van der Waals surface area contributed by atoms with Crippen LogP contribution in [0.1, 0.15) is 11.1 Å². The van der Waals surface area contributed by atoms with Crippen LogP contribution in [-0.4, -0.2) is 8.42 Å². The van der Waals surface area contributed by atoms with Gasteiger partial charge in [-0.15, -0.1) is 0 Å². The summed E-state index contributed by atoms with van der Waals surface area (Å²) in [6.07, 6.45) is 0. The Morgan fingerprint density at radius 3 is 2.25 bits per heavy atom. The normalized spacial score (nSPS) is 11.3. The van der Waals surface area contributed by atoms with E-state index >= 15 is 0 Å². The average Bonchev–Trinajstić information content (AvgIpc) is 2.36. The van der Waals surface area contributed by atoms with Gasteiger partial charge in [-0.1, -0.05) is 41.4 Å². The highest BCUT2D eigenvalue weighted by Gasteiger charge is 2.13. The summed E-state index contributed by atoms with van der Waals surface area (Å²) in [6.45, 7) is 1.82. The van der Waals surface area contributed by atoms with Crippen LogP contribution in [0, 0.1) is 6.92 Å². The number of halogens is 2. The lowest BCUT2D eigenvalue weighted by atomic mass is 10.2. The maximum atomic E-state index is 12.1. The molecule has 0 aliphatic rings. The van der Waals surface area contributed by atoms with Crippen molar-refractivity contribution in [3.63, 3.8) is 0 Å². The van der Waals surface area contributed by atoms with E-state index in [1.54, 1.807) is 42.5 Å². The van der Waals surface area contributed by atoms with Crippen LogP contribution in [0.5, 0.6) is 0 Å². The number of hydrogen-bond donors (Lipinski definition) is 1. The molecular weight excluding hydrogens is 317 g/mol. The number of rotatable bonds is 4. The molecule has 0 aliphatic carbocycles. The van der Waals surface area contributed by atoms with Crippen LogP contribution in [0.3, 0.4) is 0 Å². The Hall–Kier alpha value is -1.23. The minimum Gasteiger partial charge on any atom is -0.283 e. The molecule has 0 atom stereocenters.